The van der Waals surface area contributed by atoms with Crippen molar-refractivity contribution in [3.63, 3.8) is 0 Å². The van der Waals surface area contributed by atoms with Crippen LogP contribution in [0, 0.1) is 0 Å². The van der Waals surface area contributed by atoms with Crippen LogP contribution >= 0.6 is 0 Å². The highest BCUT2D eigenvalue weighted by Gasteiger charge is 2.20. The van der Waals surface area contributed by atoms with Gasteiger partial charge in [-0.2, -0.15) is 0 Å². The van der Waals surface area contributed by atoms with Gasteiger partial charge in [-0.1, -0.05) is 19.8 Å². The summed E-state index contributed by atoms with van der Waals surface area (Å²) in [6.07, 6.45) is 8.23. The number of likely N-dealkylation sites (N-methyl/N-ethyl adjacent to an activating group) is 2. The molecule has 1 aliphatic heterocycles. The van der Waals surface area contributed by atoms with E-state index in [4.69, 9.17) is 0 Å². The molecular formula is C15H33N3. The summed E-state index contributed by atoms with van der Waals surface area (Å²) in [4.78, 5) is 5.06. The van der Waals surface area contributed by atoms with Crippen LogP contribution in [0.1, 0.15) is 45.4 Å². The van der Waals surface area contributed by atoms with E-state index >= 15 is 0 Å². The molecule has 1 fully saturated rings. The molecular weight excluding hydrogens is 222 g/mol. The van der Waals surface area contributed by atoms with Crippen LogP contribution < -0.4 is 5.32 Å². The summed E-state index contributed by atoms with van der Waals surface area (Å²) in [6, 6.07) is 0.797. The van der Waals surface area contributed by atoms with Gasteiger partial charge in [0.25, 0.3) is 0 Å². The summed E-state index contributed by atoms with van der Waals surface area (Å²) in [5, 5.41) is 3.39. The van der Waals surface area contributed by atoms with Crippen LogP contribution in [0.15, 0.2) is 0 Å². The molecule has 3 heteroatoms. The largest absolute Gasteiger partial charge is 0.317 e. The Labute approximate surface area is 114 Å². The Morgan fingerprint density at radius 1 is 1.22 bits per heavy atom. The molecule has 0 bridgehead atoms. The van der Waals surface area contributed by atoms with Gasteiger partial charge in [0.05, 0.1) is 0 Å². The van der Waals surface area contributed by atoms with Gasteiger partial charge in [0, 0.05) is 12.6 Å². The standard InChI is InChI=1S/C15H33N3/c1-4-16-11-7-5-6-8-13-18(3)15-10-9-12-17(2)14-15/h15-16H,4-14H2,1-3H3. The van der Waals surface area contributed by atoms with E-state index in [1.165, 1.54) is 64.7 Å². The maximum atomic E-state index is 3.39. The minimum atomic E-state index is 0.797. The molecule has 0 saturated carbocycles. The molecule has 18 heavy (non-hydrogen) atoms. The highest BCUT2D eigenvalue weighted by atomic mass is 15.2. The molecule has 1 atom stereocenters. The Balaban J connectivity index is 1.97. The van der Waals surface area contributed by atoms with Gasteiger partial charge in [-0.15, -0.1) is 0 Å². The lowest BCUT2D eigenvalue weighted by Gasteiger charge is -2.35. The number of hydrogen-bond acceptors (Lipinski definition) is 3. The fourth-order valence-electron chi connectivity index (χ4n) is 2.82. The second-order valence-corrected chi connectivity index (χ2v) is 5.81. The molecule has 0 aromatic rings. The fraction of sp³-hybridized carbons (Fsp3) is 1.00. The SMILES string of the molecule is CCNCCCCCCN(C)C1CCCN(C)C1. The minimum Gasteiger partial charge on any atom is -0.317 e. The second-order valence-electron chi connectivity index (χ2n) is 5.81. The Morgan fingerprint density at radius 3 is 2.72 bits per heavy atom. The van der Waals surface area contributed by atoms with Crippen molar-refractivity contribution in [3.8, 4) is 0 Å². The lowest BCUT2D eigenvalue weighted by Crippen LogP contribution is -2.45. The monoisotopic (exact) mass is 255 g/mol. The third-order valence-electron chi connectivity index (χ3n) is 4.09. The highest BCUT2D eigenvalue weighted by molar-refractivity contribution is 4.77. The first-order chi connectivity index (χ1) is 8.74. The average molecular weight is 255 g/mol. The van der Waals surface area contributed by atoms with Gasteiger partial charge >= 0.3 is 0 Å². The summed E-state index contributed by atoms with van der Waals surface area (Å²) in [5.74, 6) is 0. The zero-order valence-corrected chi connectivity index (χ0v) is 12.7. The molecule has 0 radical (unpaired) electrons. The van der Waals surface area contributed by atoms with Gasteiger partial charge in [-0.3, -0.25) is 0 Å². The highest BCUT2D eigenvalue weighted by Crippen LogP contribution is 2.14. The lowest BCUT2D eigenvalue weighted by atomic mass is 10.0. The van der Waals surface area contributed by atoms with Crippen molar-refractivity contribution >= 4 is 0 Å². The molecule has 1 rings (SSSR count). The van der Waals surface area contributed by atoms with Gasteiger partial charge in [0.1, 0.15) is 0 Å². The number of rotatable bonds is 9. The Bertz CT molecular complexity index is 196. The summed E-state index contributed by atoms with van der Waals surface area (Å²) in [7, 11) is 4.56. The predicted octanol–water partition coefficient (Wildman–Crippen LogP) is 2.18. The number of nitrogens with one attached hydrogen (secondary N) is 1. The summed E-state index contributed by atoms with van der Waals surface area (Å²) in [5.41, 5.74) is 0. The van der Waals surface area contributed by atoms with Gasteiger partial charge in [-0.05, 0) is 66.0 Å². The molecule has 3 nitrogen and oxygen atoms in total. The van der Waals surface area contributed by atoms with Gasteiger partial charge in [0.15, 0.2) is 0 Å². The molecule has 0 spiro atoms. The number of piperidine rings is 1. The quantitative estimate of drug-likeness (QED) is 0.637. The molecule has 108 valence electrons. The molecule has 0 aliphatic carbocycles. The van der Waals surface area contributed by atoms with E-state index in [0.29, 0.717) is 0 Å². The molecule has 1 saturated heterocycles. The van der Waals surface area contributed by atoms with E-state index < -0.39 is 0 Å². The summed E-state index contributed by atoms with van der Waals surface area (Å²) < 4.78 is 0. The molecule has 1 heterocycles. The van der Waals surface area contributed by atoms with Crippen molar-refractivity contribution in [2.24, 2.45) is 0 Å². The van der Waals surface area contributed by atoms with Crippen LogP contribution in [0.25, 0.3) is 0 Å². The Morgan fingerprint density at radius 2 is 2.00 bits per heavy atom. The zero-order valence-electron chi connectivity index (χ0n) is 12.7. The van der Waals surface area contributed by atoms with Crippen molar-refractivity contribution in [3.05, 3.63) is 0 Å². The fourth-order valence-corrected chi connectivity index (χ4v) is 2.82. The molecule has 0 amide bonds. The second kappa shape index (κ2) is 9.76. The zero-order chi connectivity index (χ0) is 13.2. The summed E-state index contributed by atoms with van der Waals surface area (Å²) >= 11 is 0. The molecule has 1 N–H and O–H groups in total. The van der Waals surface area contributed by atoms with Crippen LogP contribution in [0.2, 0.25) is 0 Å². The van der Waals surface area contributed by atoms with E-state index in [1.54, 1.807) is 0 Å². The normalized spacial score (nSPS) is 21.7. The van der Waals surface area contributed by atoms with Gasteiger partial charge < -0.3 is 15.1 Å². The molecule has 0 aromatic heterocycles. The minimum absolute atomic E-state index is 0.797. The van der Waals surface area contributed by atoms with E-state index in [-0.39, 0.29) is 0 Å². The van der Waals surface area contributed by atoms with Crippen molar-refractivity contribution in [2.75, 3.05) is 46.8 Å². The van der Waals surface area contributed by atoms with Crippen LogP contribution in [-0.4, -0.2) is 62.7 Å². The average Bonchev–Trinajstić information content (AvgIpc) is 2.37. The van der Waals surface area contributed by atoms with Crippen LogP contribution in [0.5, 0.6) is 0 Å². The van der Waals surface area contributed by atoms with Crippen molar-refractivity contribution < 1.29 is 0 Å². The predicted molar refractivity (Wildman–Crippen MR) is 80.2 cm³/mol. The third kappa shape index (κ3) is 6.72. The van der Waals surface area contributed by atoms with E-state index in [1.807, 2.05) is 0 Å². The Kier molecular flexibility index (Phi) is 8.64. The van der Waals surface area contributed by atoms with Crippen molar-refractivity contribution in [1.82, 2.24) is 15.1 Å². The number of nitrogens with zero attached hydrogens (tertiary/aromatic N) is 2. The third-order valence-corrected chi connectivity index (χ3v) is 4.09. The summed E-state index contributed by atoms with van der Waals surface area (Å²) in [6.45, 7) is 8.30. The molecule has 0 aromatic carbocycles. The number of hydrogen-bond donors (Lipinski definition) is 1. The smallest absolute Gasteiger partial charge is 0.0220 e. The first-order valence-corrected chi connectivity index (χ1v) is 7.83. The lowest BCUT2D eigenvalue weighted by molar-refractivity contribution is 0.133. The van der Waals surface area contributed by atoms with Crippen LogP contribution in [0.3, 0.4) is 0 Å². The first kappa shape index (κ1) is 15.9. The molecule has 1 aliphatic rings. The first-order valence-electron chi connectivity index (χ1n) is 7.83. The van der Waals surface area contributed by atoms with E-state index in [0.717, 1.165) is 12.6 Å². The van der Waals surface area contributed by atoms with Gasteiger partial charge in [0.2, 0.25) is 0 Å². The van der Waals surface area contributed by atoms with Crippen LogP contribution in [-0.2, 0) is 0 Å². The molecule has 1 unspecified atom stereocenters. The topological polar surface area (TPSA) is 18.5 Å². The van der Waals surface area contributed by atoms with Crippen molar-refractivity contribution in [1.29, 1.82) is 0 Å². The van der Waals surface area contributed by atoms with E-state index in [2.05, 4.69) is 36.1 Å². The maximum absolute atomic E-state index is 3.39. The maximum Gasteiger partial charge on any atom is 0.0220 e. The Hall–Kier alpha value is -0.120. The number of unbranched alkanes of at least 4 members (excludes halogenated alkanes) is 3. The van der Waals surface area contributed by atoms with E-state index in [9.17, 15) is 0 Å². The number of likely N-dealkylation sites (tertiary alicyclic amines) is 1. The van der Waals surface area contributed by atoms with Gasteiger partial charge in [-0.25, -0.2) is 0 Å². The van der Waals surface area contributed by atoms with Crippen LogP contribution in [0.4, 0.5) is 0 Å². The van der Waals surface area contributed by atoms with Crippen molar-refractivity contribution in [2.45, 2.75) is 51.5 Å².